The maximum absolute atomic E-state index is 12.4. The fourth-order valence-corrected chi connectivity index (χ4v) is 3.13. The number of carbonyl (C=O) groups excluding carboxylic acids is 2. The lowest BCUT2D eigenvalue weighted by molar-refractivity contribution is -0.158. The van der Waals surface area contributed by atoms with Gasteiger partial charge < -0.3 is 14.6 Å². The first-order chi connectivity index (χ1) is 13.0. The Hall–Kier alpha value is -3.08. The average molecular weight is 364 g/mol. The summed E-state index contributed by atoms with van der Waals surface area (Å²) in [4.78, 5) is 29.4. The predicted octanol–water partition coefficient (Wildman–Crippen LogP) is 3.69. The van der Waals surface area contributed by atoms with Crippen LogP contribution in [-0.2, 0) is 27.3 Å². The van der Waals surface area contributed by atoms with E-state index in [0.29, 0.717) is 13.0 Å². The monoisotopic (exact) mass is 364 g/mol. The minimum absolute atomic E-state index is 0.209. The lowest BCUT2D eigenvalue weighted by Crippen LogP contribution is -2.37. The van der Waals surface area contributed by atoms with Crippen molar-refractivity contribution in [1.29, 1.82) is 0 Å². The van der Waals surface area contributed by atoms with Crippen molar-refractivity contribution in [2.75, 3.05) is 7.05 Å². The molecule has 0 saturated carbocycles. The zero-order valence-corrected chi connectivity index (χ0v) is 15.6. The first-order valence-electron chi connectivity index (χ1n) is 9.08. The second-order valence-corrected chi connectivity index (χ2v) is 6.67. The van der Waals surface area contributed by atoms with Crippen molar-refractivity contribution in [3.63, 3.8) is 0 Å². The van der Waals surface area contributed by atoms with E-state index in [1.54, 1.807) is 18.9 Å². The molecule has 0 radical (unpaired) electrons. The first kappa shape index (κ1) is 18.7. The van der Waals surface area contributed by atoms with Gasteiger partial charge in [0.15, 0.2) is 6.10 Å². The Morgan fingerprint density at radius 1 is 1.07 bits per heavy atom. The van der Waals surface area contributed by atoms with Crippen molar-refractivity contribution in [2.45, 2.75) is 32.4 Å². The van der Waals surface area contributed by atoms with Gasteiger partial charge >= 0.3 is 5.97 Å². The summed E-state index contributed by atoms with van der Waals surface area (Å²) in [5.41, 5.74) is 3.15. The van der Waals surface area contributed by atoms with Crippen LogP contribution in [0.2, 0.25) is 0 Å². The van der Waals surface area contributed by atoms with Crippen LogP contribution in [0.5, 0.6) is 0 Å². The van der Waals surface area contributed by atoms with Gasteiger partial charge in [0.25, 0.3) is 5.91 Å². The van der Waals surface area contributed by atoms with Gasteiger partial charge in [0, 0.05) is 37.1 Å². The third kappa shape index (κ3) is 4.76. The molecule has 0 aliphatic rings. The van der Waals surface area contributed by atoms with Gasteiger partial charge in [-0.1, -0.05) is 48.5 Å². The number of H-pyrrole nitrogens is 1. The normalized spacial score (nSPS) is 11.9. The summed E-state index contributed by atoms with van der Waals surface area (Å²) in [6, 6.07) is 17.7. The van der Waals surface area contributed by atoms with E-state index >= 15 is 0 Å². The third-order valence-corrected chi connectivity index (χ3v) is 4.57. The number of esters is 1. The van der Waals surface area contributed by atoms with Gasteiger partial charge in [-0.05, 0) is 30.5 Å². The van der Waals surface area contributed by atoms with Gasteiger partial charge in [-0.2, -0.15) is 0 Å². The van der Waals surface area contributed by atoms with E-state index in [0.717, 1.165) is 22.0 Å². The number of nitrogens with zero attached hydrogens (tertiary/aromatic N) is 1. The lowest BCUT2D eigenvalue weighted by atomic mass is 10.1. The average Bonchev–Trinajstić information content (AvgIpc) is 3.09. The van der Waals surface area contributed by atoms with Crippen molar-refractivity contribution >= 4 is 22.8 Å². The molecule has 1 aromatic heterocycles. The minimum Gasteiger partial charge on any atom is -0.453 e. The van der Waals surface area contributed by atoms with Gasteiger partial charge in [0.2, 0.25) is 0 Å². The molecule has 27 heavy (non-hydrogen) atoms. The van der Waals surface area contributed by atoms with Gasteiger partial charge in [0.1, 0.15) is 0 Å². The van der Waals surface area contributed by atoms with Gasteiger partial charge in [-0.3, -0.25) is 9.59 Å². The topological polar surface area (TPSA) is 62.4 Å². The third-order valence-electron chi connectivity index (χ3n) is 4.57. The molecule has 0 aliphatic carbocycles. The van der Waals surface area contributed by atoms with E-state index in [-0.39, 0.29) is 18.3 Å². The second-order valence-electron chi connectivity index (χ2n) is 6.67. The zero-order valence-electron chi connectivity index (χ0n) is 15.6. The highest BCUT2D eigenvalue weighted by Crippen LogP contribution is 2.19. The summed E-state index contributed by atoms with van der Waals surface area (Å²) < 4.78 is 5.34. The Labute approximate surface area is 158 Å². The van der Waals surface area contributed by atoms with Crippen LogP contribution in [0.4, 0.5) is 0 Å². The predicted molar refractivity (Wildman–Crippen MR) is 105 cm³/mol. The van der Waals surface area contributed by atoms with Crippen molar-refractivity contribution in [1.82, 2.24) is 9.88 Å². The van der Waals surface area contributed by atoms with Crippen LogP contribution in [0.15, 0.2) is 60.8 Å². The molecule has 0 fully saturated rings. The SMILES string of the molecule is C[C@@H](OC(=O)CCc1c[nH]c2ccccc12)C(=O)N(C)Cc1ccccc1. The van der Waals surface area contributed by atoms with E-state index in [1.807, 2.05) is 60.8 Å². The quantitative estimate of drug-likeness (QED) is 0.651. The molecule has 1 heterocycles. The number of rotatable bonds is 7. The van der Waals surface area contributed by atoms with Crippen molar-refractivity contribution < 1.29 is 14.3 Å². The molecular formula is C22H24N2O3. The molecule has 0 bridgehead atoms. The number of likely N-dealkylation sites (N-methyl/N-ethyl adjacent to an activating group) is 1. The lowest BCUT2D eigenvalue weighted by Gasteiger charge is -2.21. The van der Waals surface area contributed by atoms with E-state index in [2.05, 4.69) is 4.98 Å². The largest absolute Gasteiger partial charge is 0.453 e. The summed E-state index contributed by atoms with van der Waals surface area (Å²) in [5.74, 6) is -0.575. The molecule has 1 N–H and O–H groups in total. The number of nitrogens with one attached hydrogen (secondary N) is 1. The Balaban J connectivity index is 1.50. The molecule has 1 amide bonds. The fraction of sp³-hybridized carbons (Fsp3) is 0.273. The van der Waals surface area contributed by atoms with Crippen LogP contribution < -0.4 is 0 Å². The van der Waals surface area contributed by atoms with Crippen molar-refractivity contribution in [3.05, 3.63) is 71.9 Å². The standard InChI is InChI=1S/C22H24N2O3/c1-16(22(26)24(2)15-17-8-4-3-5-9-17)27-21(25)13-12-18-14-23-20-11-7-6-10-19(18)20/h3-11,14,16,23H,12-13,15H2,1-2H3/t16-/m1/s1. The maximum Gasteiger partial charge on any atom is 0.306 e. The summed E-state index contributed by atoms with van der Waals surface area (Å²) in [6.45, 7) is 2.10. The van der Waals surface area contributed by atoms with Crippen LogP contribution in [0, 0.1) is 0 Å². The number of aromatic amines is 1. The molecule has 0 spiro atoms. The van der Waals surface area contributed by atoms with Crippen LogP contribution in [-0.4, -0.2) is 34.9 Å². The second kappa shape index (κ2) is 8.54. The Bertz CT molecular complexity index is 917. The molecule has 5 nitrogen and oxygen atoms in total. The summed E-state index contributed by atoms with van der Waals surface area (Å²) in [5, 5.41) is 1.11. The number of para-hydroxylation sites is 1. The van der Waals surface area contributed by atoms with Crippen LogP contribution in [0.1, 0.15) is 24.5 Å². The molecule has 0 saturated heterocycles. The van der Waals surface area contributed by atoms with E-state index in [1.165, 1.54) is 0 Å². The fourth-order valence-electron chi connectivity index (χ4n) is 3.13. The molecular weight excluding hydrogens is 340 g/mol. The van der Waals surface area contributed by atoms with Gasteiger partial charge in [-0.15, -0.1) is 0 Å². The minimum atomic E-state index is -0.797. The zero-order chi connectivity index (χ0) is 19.2. The smallest absolute Gasteiger partial charge is 0.306 e. The number of ether oxygens (including phenoxy) is 1. The van der Waals surface area contributed by atoms with Gasteiger partial charge in [-0.25, -0.2) is 0 Å². The van der Waals surface area contributed by atoms with Crippen LogP contribution in [0.25, 0.3) is 10.9 Å². The Morgan fingerprint density at radius 3 is 2.56 bits per heavy atom. The number of hydrogen-bond acceptors (Lipinski definition) is 3. The first-order valence-corrected chi connectivity index (χ1v) is 9.08. The molecule has 140 valence electrons. The molecule has 0 unspecified atom stereocenters. The summed E-state index contributed by atoms with van der Waals surface area (Å²) in [7, 11) is 1.71. The molecule has 1 atom stereocenters. The molecule has 2 aromatic carbocycles. The molecule has 0 aliphatic heterocycles. The van der Waals surface area contributed by atoms with Crippen LogP contribution in [0.3, 0.4) is 0 Å². The number of fused-ring (bicyclic) bond motifs is 1. The number of aromatic nitrogens is 1. The highest BCUT2D eigenvalue weighted by Gasteiger charge is 2.21. The number of aryl methyl sites for hydroxylation is 1. The van der Waals surface area contributed by atoms with Gasteiger partial charge in [0.05, 0.1) is 0 Å². The molecule has 3 aromatic rings. The summed E-state index contributed by atoms with van der Waals surface area (Å²) >= 11 is 0. The number of carbonyl (C=O) groups is 2. The Kier molecular flexibility index (Phi) is 5.91. The Morgan fingerprint density at radius 2 is 1.78 bits per heavy atom. The van der Waals surface area contributed by atoms with Crippen molar-refractivity contribution in [2.24, 2.45) is 0 Å². The highest BCUT2D eigenvalue weighted by atomic mass is 16.5. The number of amides is 1. The molecule has 3 rings (SSSR count). The van der Waals surface area contributed by atoms with Crippen LogP contribution >= 0.6 is 0 Å². The van der Waals surface area contributed by atoms with E-state index in [4.69, 9.17) is 4.74 Å². The number of hydrogen-bond donors (Lipinski definition) is 1. The van der Waals surface area contributed by atoms with E-state index < -0.39 is 6.10 Å². The van der Waals surface area contributed by atoms with Crippen molar-refractivity contribution in [3.8, 4) is 0 Å². The number of benzene rings is 2. The highest BCUT2D eigenvalue weighted by molar-refractivity contribution is 5.85. The maximum atomic E-state index is 12.4. The molecule has 5 heteroatoms. The summed E-state index contributed by atoms with van der Waals surface area (Å²) in [6.07, 6.45) is 1.93. The van der Waals surface area contributed by atoms with E-state index in [9.17, 15) is 9.59 Å².